The van der Waals surface area contributed by atoms with E-state index in [2.05, 4.69) is 5.32 Å². The van der Waals surface area contributed by atoms with Gasteiger partial charge in [0.05, 0.1) is 15.7 Å². The van der Waals surface area contributed by atoms with Crippen molar-refractivity contribution in [1.82, 2.24) is 0 Å². The summed E-state index contributed by atoms with van der Waals surface area (Å²) in [7, 11) is 0. The quantitative estimate of drug-likeness (QED) is 0.642. The maximum absolute atomic E-state index is 11.5. The van der Waals surface area contributed by atoms with Gasteiger partial charge in [-0.3, -0.25) is 4.79 Å². The van der Waals surface area contributed by atoms with Gasteiger partial charge in [-0.25, -0.2) is 0 Å². The molecular formula is C11H14Cl2N2O2. The molecule has 0 unspecified atom stereocenters. The zero-order valence-corrected chi connectivity index (χ0v) is 10.9. The number of hydrogen-bond acceptors (Lipinski definition) is 3. The van der Waals surface area contributed by atoms with Crippen LogP contribution in [0.15, 0.2) is 12.1 Å². The van der Waals surface area contributed by atoms with Gasteiger partial charge in [-0.1, -0.05) is 30.1 Å². The van der Waals surface area contributed by atoms with Crippen molar-refractivity contribution in [3.8, 4) is 0 Å². The van der Waals surface area contributed by atoms with Crippen molar-refractivity contribution in [2.45, 2.75) is 13.3 Å². The third-order valence-corrected chi connectivity index (χ3v) is 2.51. The molecule has 0 spiro atoms. The van der Waals surface area contributed by atoms with Gasteiger partial charge in [0, 0.05) is 12.3 Å². The molecule has 0 aromatic heterocycles. The maximum Gasteiger partial charge on any atom is 0.250 e. The van der Waals surface area contributed by atoms with Crippen molar-refractivity contribution >= 4 is 40.5 Å². The number of halogens is 2. The lowest BCUT2D eigenvalue weighted by atomic mass is 10.3. The van der Waals surface area contributed by atoms with Crippen molar-refractivity contribution in [2.24, 2.45) is 0 Å². The highest BCUT2D eigenvalue weighted by Crippen LogP contribution is 2.32. The van der Waals surface area contributed by atoms with Crippen LogP contribution in [0.3, 0.4) is 0 Å². The molecule has 4 nitrogen and oxygen atoms in total. The van der Waals surface area contributed by atoms with E-state index in [4.69, 9.17) is 33.7 Å². The summed E-state index contributed by atoms with van der Waals surface area (Å²) in [6.07, 6.45) is 0.858. The van der Waals surface area contributed by atoms with Crippen LogP contribution >= 0.6 is 23.2 Å². The molecule has 0 aliphatic heterocycles. The summed E-state index contributed by atoms with van der Waals surface area (Å²) in [6, 6.07) is 3.05. The zero-order valence-electron chi connectivity index (χ0n) is 9.43. The molecule has 1 aromatic carbocycles. The molecule has 0 bridgehead atoms. The number of hydrogen-bond donors (Lipinski definition) is 2. The standard InChI is InChI=1S/C11H14Cl2N2O2/c1-2-3-17-6-10(16)15-11-8(12)4-7(14)5-9(11)13/h4-5H,2-3,6,14H2,1H3,(H,15,16). The summed E-state index contributed by atoms with van der Waals surface area (Å²) in [5, 5.41) is 3.19. The normalized spacial score (nSPS) is 10.3. The fourth-order valence-electron chi connectivity index (χ4n) is 1.20. The topological polar surface area (TPSA) is 64.3 Å². The molecule has 0 aliphatic rings. The van der Waals surface area contributed by atoms with Gasteiger partial charge in [0.15, 0.2) is 0 Å². The number of benzene rings is 1. The van der Waals surface area contributed by atoms with E-state index in [1.165, 1.54) is 12.1 Å². The van der Waals surface area contributed by atoms with Crippen molar-refractivity contribution in [3.63, 3.8) is 0 Å². The molecule has 0 atom stereocenters. The predicted octanol–water partition coefficient (Wildman–Crippen LogP) is 2.94. The van der Waals surface area contributed by atoms with Gasteiger partial charge in [-0.15, -0.1) is 0 Å². The first-order chi connectivity index (χ1) is 8.04. The Morgan fingerprint density at radius 2 is 2.00 bits per heavy atom. The molecule has 0 saturated heterocycles. The van der Waals surface area contributed by atoms with Crippen LogP contribution in [-0.4, -0.2) is 19.1 Å². The van der Waals surface area contributed by atoms with E-state index >= 15 is 0 Å². The van der Waals surface area contributed by atoms with E-state index in [9.17, 15) is 4.79 Å². The molecule has 1 rings (SSSR count). The smallest absolute Gasteiger partial charge is 0.250 e. The molecule has 1 aromatic rings. The minimum absolute atomic E-state index is 0.0229. The highest BCUT2D eigenvalue weighted by atomic mass is 35.5. The van der Waals surface area contributed by atoms with Gasteiger partial charge in [-0.05, 0) is 18.6 Å². The third-order valence-electron chi connectivity index (χ3n) is 1.91. The Kier molecular flexibility index (Phi) is 5.55. The van der Waals surface area contributed by atoms with Crippen LogP contribution in [0, 0.1) is 0 Å². The lowest BCUT2D eigenvalue weighted by Crippen LogP contribution is -2.19. The minimum Gasteiger partial charge on any atom is -0.399 e. The van der Waals surface area contributed by atoms with Crippen LogP contribution in [0.4, 0.5) is 11.4 Å². The molecule has 0 heterocycles. The SMILES string of the molecule is CCCOCC(=O)Nc1c(Cl)cc(N)cc1Cl. The second-order valence-electron chi connectivity index (χ2n) is 3.46. The zero-order chi connectivity index (χ0) is 12.8. The Labute approximate surface area is 110 Å². The maximum atomic E-state index is 11.5. The number of nitrogen functional groups attached to an aromatic ring is 1. The van der Waals surface area contributed by atoms with Crippen LogP contribution < -0.4 is 11.1 Å². The van der Waals surface area contributed by atoms with E-state index in [1.807, 2.05) is 6.92 Å². The highest BCUT2D eigenvalue weighted by Gasteiger charge is 2.10. The van der Waals surface area contributed by atoms with Gasteiger partial charge < -0.3 is 15.8 Å². The Hall–Kier alpha value is -0.970. The molecule has 1 amide bonds. The van der Waals surface area contributed by atoms with Gasteiger partial charge in [0.1, 0.15) is 6.61 Å². The number of carbonyl (C=O) groups is 1. The summed E-state index contributed by atoms with van der Waals surface area (Å²) >= 11 is 11.8. The Balaban J connectivity index is 2.65. The molecule has 0 aliphatic carbocycles. The largest absolute Gasteiger partial charge is 0.399 e. The lowest BCUT2D eigenvalue weighted by molar-refractivity contribution is -0.120. The van der Waals surface area contributed by atoms with Crippen LogP contribution in [-0.2, 0) is 9.53 Å². The first-order valence-electron chi connectivity index (χ1n) is 5.16. The molecule has 3 N–H and O–H groups in total. The molecule has 0 fully saturated rings. The van der Waals surface area contributed by atoms with E-state index in [-0.39, 0.29) is 12.5 Å². The van der Waals surface area contributed by atoms with E-state index in [0.29, 0.717) is 28.0 Å². The van der Waals surface area contributed by atoms with Crippen LogP contribution in [0.2, 0.25) is 10.0 Å². The highest BCUT2D eigenvalue weighted by molar-refractivity contribution is 6.40. The Bertz CT molecular complexity index is 387. The summed E-state index contributed by atoms with van der Waals surface area (Å²) in [5.74, 6) is -0.299. The second-order valence-corrected chi connectivity index (χ2v) is 4.27. The van der Waals surface area contributed by atoms with Crippen molar-refractivity contribution in [2.75, 3.05) is 24.3 Å². The minimum atomic E-state index is -0.299. The molecule has 94 valence electrons. The fraction of sp³-hybridized carbons (Fsp3) is 0.364. The average molecular weight is 277 g/mol. The van der Waals surface area contributed by atoms with Gasteiger partial charge in [0.25, 0.3) is 0 Å². The first kappa shape index (κ1) is 14.1. The van der Waals surface area contributed by atoms with Crippen LogP contribution in [0.25, 0.3) is 0 Å². The number of amides is 1. The Morgan fingerprint density at radius 3 is 2.53 bits per heavy atom. The van der Waals surface area contributed by atoms with Crippen molar-refractivity contribution in [1.29, 1.82) is 0 Å². The summed E-state index contributed by atoms with van der Waals surface area (Å²) < 4.78 is 5.10. The number of anilines is 2. The van der Waals surface area contributed by atoms with E-state index in [0.717, 1.165) is 6.42 Å². The fourth-order valence-corrected chi connectivity index (χ4v) is 1.80. The number of carbonyl (C=O) groups excluding carboxylic acids is 1. The molecule has 0 saturated carbocycles. The third kappa shape index (κ3) is 4.42. The summed E-state index contributed by atoms with van der Waals surface area (Å²) in [4.78, 5) is 11.5. The van der Waals surface area contributed by atoms with E-state index < -0.39 is 0 Å². The number of ether oxygens (including phenoxy) is 1. The van der Waals surface area contributed by atoms with Gasteiger partial charge in [0.2, 0.25) is 5.91 Å². The summed E-state index contributed by atoms with van der Waals surface area (Å²) in [5.41, 5.74) is 6.35. The first-order valence-corrected chi connectivity index (χ1v) is 5.92. The number of nitrogens with one attached hydrogen (secondary N) is 1. The van der Waals surface area contributed by atoms with E-state index in [1.54, 1.807) is 0 Å². The summed E-state index contributed by atoms with van der Waals surface area (Å²) in [6.45, 7) is 2.48. The lowest BCUT2D eigenvalue weighted by Gasteiger charge is -2.10. The molecule has 17 heavy (non-hydrogen) atoms. The van der Waals surface area contributed by atoms with Crippen LogP contribution in [0.1, 0.15) is 13.3 Å². The second kappa shape index (κ2) is 6.69. The van der Waals surface area contributed by atoms with Crippen molar-refractivity contribution < 1.29 is 9.53 Å². The number of rotatable bonds is 5. The number of nitrogens with two attached hydrogens (primary N) is 1. The molecule has 0 radical (unpaired) electrons. The van der Waals surface area contributed by atoms with Crippen LogP contribution in [0.5, 0.6) is 0 Å². The predicted molar refractivity (Wildman–Crippen MR) is 70.6 cm³/mol. The average Bonchev–Trinajstić information content (AvgIpc) is 2.24. The monoisotopic (exact) mass is 276 g/mol. The molecular weight excluding hydrogens is 263 g/mol. The van der Waals surface area contributed by atoms with Crippen molar-refractivity contribution in [3.05, 3.63) is 22.2 Å². The van der Waals surface area contributed by atoms with Gasteiger partial charge in [-0.2, -0.15) is 0 Å². The Morgan fingerprint density at radius 1 is 1.41 bits per heavy atom. The van der Waals surface area contributed by atoms with Gasteiger partial charge >= 0.3 is 0 Å². The molecule has 6 heteroatoms.